The minimum absolute atomic E-state index is 0.766. The van der Waals surface area contributed by atoms with Gasteiger partial charge in [0.2, 0.25) is 0 Å². The predicted molar refractivity (Wildman–Crippen MR) is 74.0 cm³/mol. The number of nitrogens with zero attached hydrogens (tertiary/aromatic N) is 3. The summed E-state index contributed by atoms with van der Waals surface area (Å²) in [4.78, 5) is 2.60. The second-order valence-electron chi connectivity index (χ2n) is 4.86. The summed E-state index contributed by atoms with van der Waals surface area (Å²) in [6.45, 7) is 6.71. The first-order valence-electron chi connectivity index (χ1n) is 6.61. The zero-order valence-electron chi connectivity index (χ0n) is 11.0. The highest BCUT2D eigenvalue weighted by atomic mass is 79.9. The molecule has 0 saturated carbocycles. The van der Waals surface area contributed by atoms with Crippen molar-refractivity contribution >= 4 is 15.9 Å². The van der Waals surface area contributed by atoms with Gasteiger partial charge in [-0.2, -0.15) is 5.10 Å². The molecule has 1 aliphatic heterocycles. The molecule has 1 aromatic heterocycles. The Morgan fingerprint density at radius 2 is 2.18 bits per heavy atom. The van der Waals surface area contributed by atoms with Crippen LogP contribution in [0.1, 0.15) is 44.5 Å². The lowest BCUT2D eigenvalue weighted by atomic mass is 10.1. The van der Waals surface area contributed by atoms with E-state index in [-0.39, 0.29) is 0 Å². The van der Waals surface area contributed by atoms with Crippen LogP contribution in [0.25, 0.3) is 0 Å². The van der Waals surface area contributed by atoms with E-state index in [1.807, 2.05) is 4.68 Å². The molecule has 3 nitrogen and oxygen atoms in total. The molecule has 0 amide bonds. The first-order valence-corrected chi connectivity index (χ1v) is 7.40. The van der Waals surface area contributed by atoms with Gasteiger partial charge in [-0.15, -0.1) is 0 Å². The average molecular weight is 300 g/mol. The van der Waals surface area contributed by atoms with E-state index in [1.54, 1.807) is 0 Å². The molecule has 2 rings (SSSR count). The number of hydrogen-bond acceptors (Lipinski definition) is 2. The Bertz CT molecular complexity index is 386. The normalized spacial score (nSPS) is 21.3. The van der Waals surface area contributed by atoms with Gasteiger partial charge in [-0.1, -0.05) is 13.8 Å². The van der Waals surface area contributed by atoms with Crippen molar-refractivity contribution in [1.29, 1.82) is 0 Å². The molecule has 0 aromatic carbocycles. The van der Waals surface area contributed by atoms with E-state index in [0.29, 0.717) is 0 Å². The second kappa shape index (κ2) is 5.53. The molecular weight excluding hydrogens is 278 g/mol. The van der Waals surface area contributed by atoms with Crippen molar-refractivity contribution in [3.8, 4) is 0 Å². The van der Waals surface area contributed by atoms with Crippen LogP contribution >= 0.6 is 15.9 Å². The summed E-state index contributed by atoms with van der Waals surface area (Å²) < 4.78 is 3.25. The first-order chi connectivity index (χ1) is 8.17. The van der Waals surface area contributed by atoms with Crippen LogP contribution in [0.5, 0.6) is 0 Å². The van der Waals surface area contributed by atoms with Crippen molar-refractivity contribution in [3.63, 3.8) is 0 Å². The van der Waals surface area contributed by atoms with Crippen molar-refractivity contribution in [3.05, 3.63) is 15.9 Å². The summed E-state index contributed by atoms with van der Waals surface area (Å²) >= 11 is 3.70. The molecular formula is C13H22BrN3. The van der Waals surface area contributed by atoms with E-state index in [2.05, 4.69) is 46.8 Å². The second-order valence-corrected chi connectivity index (χ2v) is 5.65. The van der Waals surface area contributed by atoms with Gasteiger partial charge in [-0.05, 0) is 48.2 Å². The Hall–Kier alpha value is -0.350. The van der Waals surface area contributed by atoms with Crippen LogP contribution < -0.4 is 0 Å². The van der Waals surface area contributed by atoms with Crippen LogP contribution in [0.4, 0.5) is 0 Å². The van der Waals surface area contributed by atoms with E-state index in [9.17, 15) is 0 Å². The lowest BCUT2D eigenvalue weighted by molar-refractivity contribution is 0.233. The summed E-state index contributed by atoms with van der Waals surface area (Å²) in [5.41, 5.74) is 2.50. The number of rotatable bonds is 4. The van der Waals surface area contributed by atoms with E-state index in [0.717, 1.165) is 19.0 Å². The third kappa shape index (κ3) is 2.58. The van der Waals surface area contributed by atoms with Crippen LogP contribution in [-0.2, 0) is 20.0 Å². The predicted octanol–water partition coefficient (Wildman–Crippen LogP) is 3.12. The van der Waals surface area contributed by atoms with Crippen molar-refractivity contribution in [2.45, 2.75) is 52.1 Å². The molecule has 1 aromatic rings. The standard InChI is InChI=1S/C13H22BrN3/c1-4-10-7-6-8-17(10)9-12-13(14)11(5-2)15-16(12)3/h10H,4-9H2,1-3H3. The molecule has 0 N–H and O–H groups in total. The Morgan fingerprint density at radius 1 is 1.41 bits per heavy atom. The Kier molecular flexibility index (Phi) is 4.26. The average Bonchev–Trinajstić information content (AvgIpc) is 2.88. The molecule has 1 atom stereocenters. The van der Waals surface area contributed by atoms with E-state index in [1.165, 1.54) is 41.7 Å². The molecule has 0 bridgehead atoms. The Morgan fingerprint density at radius 3 is 2.76 bits per heavy atom. The first kappa shape index (κ1) is 13.1. The highest BCUT2D eigenvalue weighted by Crippen LogP contribution is 2.27. The molecule has 2 heterocycles. The lowest BCUT2D eigenvalue weighted by Gasteiger charge is -2.23. The molecule has 96 valence electrons. The van der Waals surface area contributed by atoms with Gasteiger partial charge in [-0.25, -0.2) is 0 Å². The van der Waals surface area contributed by atoms with Gasteiger partial charge in [-0.3, -0.25) is 9.58 Å². The van der Waals surface area contributed by atoms with Crippen molar-refractivity contribution in [1.82, 2.24) is 14.7 Å². The van der Waals surface area contributed by atoms with E-state index >= 15 is 0 Å². The van der Waals surface area contributed by atoms with Crippen molar-refractivity contribution in [2.75, 3.05) is 6.54 Å². The van der Waals surface area contributed by atoms with E-state index < -0.39 is 0 Å². The van der Waals surface area contributed by atoms with Gasteiger partial charge in [0.1, 0.15) is 0 Å². The molecule has 4 heteroatoms. The van der Waals surface area contributed by atoms with Gasteiger partial charge in [0.05, 0.1) is 15.9 Å². The van der Waals surface area contributed by atoms with Crippen molar-refractivity contribution < 1.29 is 0 Å². The smallest absolute Gasteiger partial charge is 0.0767 e. The van der Waals surface area contributed by atoms with Crippen LogP contribution in [-0.4, -0.2) is 27.3 Å². The van der Waals surface area contributed by atoms with Crippen molar-refractivity contribution in [2.24, 2.45) is 7.05 Å². The molecule has 1 fully saturated rings. The molecule has 1 unspecified atom stereocenters. The Labute approximate surface area is 112 Å². The maximum absolute atomic E-state index is 4.56. The molecule has 1 saturated heterocycles. The summed E-state index contributed by atoms with van der Waals surface area (Å²) in [6, 6.07) is 0.766. The third-order valence-corrected chi connectivity index (χ3v) is 4.74. The fourth-order valence-electron chi connectivity index (χ4n) is 2.75. The molecule has 0 aliphatic carbocycles. The highest BCUT2D eigenvalue weighted by molar-refractivity contribution is 9.10. The van der Waals surface area contributed by atoms with Crippen LogP contribution in [0.2, 0.25) is 0 Å². The minimum atomic E-state index is 0.766. The number of halogens is 1. The zero-order chi connectivity index (χ0) is 12.4. The van der Waals surface area contributed by atoms with Crippen LogP contribution in [0.3, 0.4) is 0 Å². The highest BCUT2D eigenvalue weighted by Gasteiger charge is 2.25. The summed E-state index contributed by atoms with van der Waals surface area (Å²) in [7, 11) is 2.05. The quantitative estimate of drug-likeness (QED) is 0.852. The van der Waals surface area contributed by atoms with Gasteiger partial charge < -0.3 is 0 Å². The summed E-state index contributed by atoms with van der Waals surface area (Å²) in [6.07, 6.45) is 4.95. The van der Waals surface area contributed by atoms with Gasteiger partial charge in [0.15, 0.2) is 0 Å². The minimum Gasteiger partial charge on any atom is -0.295 e. The largest absolute Gasteiger partial charge is 0.295 e. The number of aryl methyl sites for hydroxylation is 2. The summed E-state index contributed by atoms with van der Waals surface area (Å²) in [5.74, 6) is 0. The molecule has 0 radical (unpaired) electrons. The van der Waals surface area contributed by atoms with Gasteiger partial charge in [0.25, 0.3) is 0 Å². The maximum Gasteiger partial charge on any atom is 0.0767 e. The molecule has 17 heavy (non-hydrogen) atoms. The topological polar surface area (TPSA) is 21.1 Å². The maximum atomic E-state index is 4.56. The van der Waals surface area contributed by atoms with Crippen LogP contribution in [0.15, 0.2) is 4.47 Å². The zero-order valence-corrected chi connectivity index (χ0v) is 12.6. The van der Waals surface area contributed by atoms with Gasteiger partial charge >= 0.3 is 0 Å². The molecule has 0 spiro atoms. The Balaban J connectivity index is 2.15. The van der Waals surface area contributed by atoms with E-state index in [4.69, 9.17) is 0 Å². The number of aromatic nitrogens is 2. The molecule has 1 aliphatic rings. The third-order valence-electron chi connectivity index (χ3n) is 3.83. The van der Waals surface area contributed by atoms with Crippen LogP contribution in [0, 0.1) is 0 Å². The SMILES string of the molecule is CCc1nn(C)c(CN2CCCC2CC)c1Br. The fraction of sp³-hybridized carbons (Fsp3) is 0.769. The lowest BCUT2D eigenvalue weighted by Crippen LogP contribution is -2.29. The fourth-order valence-corrected chi connectivity index (χ4v) is 3.49. The summed E-state index contributed by atoms with van der Waals surface area (Å²) in [5, 5.41) is 4.56. The van der Waals surface area contributed by atoms with Gasteiger partial charge in [0, 0.05) is 19.6 Å². The monoisotopic (exact) mass is 299 g/mol. The number of hydrogen-bond donors (Lipinski definition) is 0. The number of likely N-dealkylation sites (tertiary alicyclic amines) is 1.